The predicted octanol–water partition coefficient (Wildman–Crippen LogP) is 1.89. The van der Waals surface area contributed by atoms with Gasteiger partial charge in [-0.25, -0.2) is 18.7 Å². The van der Waals surface area contributed by atoms with E-state index in [1.54, 1.807) is 0 Å². The minimum atomic E-state index is -3.68. The topological polar surface area (TPSA) is 105 Å². The Kier molecular flexibility index (Phi) is 9.28. The molecule has 2 heterocycles. The highest BCUT2D eigenvalue weighted by molar-refractivity contribution is 7.92. The van der Waals surface area contributed by atoms with Crippen molar-refractivity contribution in [2.45, 2.75) is 50.1 Å². The molecule has 8 nitrogen and oxygen atoms in total. The van der Waals surface area contributed by atoms with Crippen LogP contribution < -0.4 is 5.48 Å². The molecule has 1 saturated heterocycles. The zero-order valence-electron chi connectivity index (χ0n) is 19.9. The third-order valence-electron chi connectivity index (χ3n) is 6.49. The van der Waals surface area contributed by atoms with E-state index in [0.29, 0.717) is 26.1 Å². The zero-order chi connectivity index (χ0) is 24.6. The van der Waals surface area contributed by atoms with E-state index < -0.39 is 26.8 Å². The predicted molar refractivity (Wildman–Crippen MR) is 130 cm³/mol. The molecule has 0 saturated carbocycles. The first-order valence-corrected chi connectivity index (χ1v) is 13.5. The van der Waals surface area contributed by atoms with Crippen molar-refractivity contribution in [3.8, 4) is 11.8 Å². The summed E-state index contributed by atoms with van der Waals surface area (Å²) in [7, 11) is -3.68. The van der Waals surface area contributed by atoms with Gasteiger partial charge in [-0.1, -0.05) is 30.0 Å². The Hall–Kier alpha value is -2.22. The Morgan fingerprint density at radius 2 is 2.09 bits per heavy atom. The van der Waals surface area contributed by atoms with E-state index in [1.165, 1.54) is 12.5 Å². The van der Waals surface area contributed by atoms with Crippen LogP contribution in [-0.4, -0.2) is 74.5 Å². The summed E-state index contributed by atoms with van der Waals surface area (Å²) in [6.45, 7) is 3.77. The summed E-state index contributed by atoms with van der Waals surface area (Å²) in [5.74, 6) is 4.86. The van der Waals surface area contributed by atoms with Gasteiger partial charge in [-0.3, -0.25) is 9.69 Å². The molecule has 2 atom stereocenters. The minimum absolute atomic E-state index is 0.161. The lowest BCUT2D eigenvalue weighted by atomic mass is 9.98. The third kappa shape index (κ3) is 6.90. The van der Waals surface area contributed by atoms with Gasteiger partial charge in [0.2, 0.25) is 0 Å². The second-order valence-corrected chi connectivity index (χ2v) is 11.4. The summed E-state index contributed by atoms with van der Waals surface area (Å²) in [6, 6.07) is 7.90. The molecule has 9 heteroatoms. The number of carbonyl (C=O) groups excluding carboxylic acids is 1. The molecule has 2 aliphatic heterocycles. The zero-order valence-corrected chi connectivity index (χ0v) is 20.7. The van der Waals surface area contributed by atoms with E-state index in [9.17, 15) is 13.2 Å². The summed E-state index contributed by atoms with van der Waals surface area (Å²) >= 11 is 0. The van der Waals surface area contributed by atoms with Gasteiger partial charge in [-0.15, -0.1) is 0 Å². The molecule has 3 rings (SSSR count). The Morgan fingerprint density at radius 1 is 1.32 bits per heavy atom. The SMILES string of the molecule is CC(CCN1CC=C(c2ccc(C#CCO)cc2)CC1)(C(=O)NOC1CCCCO1)S(C)(=O)=O. The second-order valence-electron chi connectivity index (χ2n) is 8.92. The van der Waals surface area contributed by atoms with Gasteiger partial charge in [0.25, 0.3) is 5.91 Å². The fourth-order valence-corrected chi connectivity index (χ4v) is 4.80. The van der Waals surface area contributed by atoms with Crippen LogP contribution in [0.4, 0.5) is 0 Å². The van der Waals surface area contributed by atoms with Crippen LogP contribution in [0.3, 0.4) is 0 Å². The molecule has 0 bridgehead atoms. The van der Waals surface area contributed by atoms with Crippen molar-refractivity contribution in [2.24, 2.45) is 0 Å². The third-order valence-corrected chi connectivity index (χ3v) is 8.51. The highest BCUT2D eigenvalue weighted by atomic mass is 32.2. The smallest absolute Gasteiger partial charge is 0.264 e. The Morgan fingerprint density at radius 3 is 2.68 bits per heavy atom. The van der Waals surface area contributed by atoms with Crippen molar-refractivity contribution < 1.29 is 27.9 Å². The van der Waals surface area contributed by atoms with Crippen molar-refractivity contribution >= 4 is 21.3 Å². The lowest BCUT2D eigenvalue weighted by molar-refractivity contribution is -0.201. The molecular weight excluding hydrogens is 456 g/mol. The van der Waals surface area contributed by atoms with Crippen LogP contribution in [0.25, 0.3) is 5.57 Å². The number of nitrogens with one attached hydrogen (secondary N) is 1. The van der Waals surface area contributed by atoms with Gasteiger partial charge >= 0.3 is 0 Å². The van der Waals surface area contributed by atoms with Gasteiger partial charge < -0.3 is 9.84 Å². The summed E-state index contributed by atoms with van der Waals surface area (Å²) in [5.41, 5.74) is 5.54. The second kappa shape index (κ2) is 12.0. The Balaban J connectivity index is 1.56. The number of rotatable bonds is 8. The number of hydrogen-bond acceptors (Lipinski definition) is 7. The molecule has 2 N–H and O–H groups in total. The largest absolute Gasteiger partial charge is 0.384 e. The lowest BCUT2D eigenvalue weighted by Gasteiger charge is -2.32. The maximum absolute atomic E-state index is 12.8. The first-order chi connectivity index (χ1) is 16.2. The first kappa shape index (κ1) is 26.4. The standard InChI is InChI=1S/C25H34N2O6S/c1-25(34(2,30)31,24(29)26-33-23-7-3-4-19-32-23)14-17-27-15-12-22(13-16-27)21-10-8-20(9-11-21)6-5-18-28/h8-12,23,28H,3-4,7,13-19H2,1-2H3,(H,26,29). The number of sulfone groups is 1. The van der Waals surface area contributed by atoms with Crippen LogP contribution >= 0.6 is 0 Å². The molecule has 1 fully saturated rings. The molecule has 1 aromatic carbocycles. The van der Waals surface area contributed by atoms with E-state index in [4.69, 9.17) is 14.7 Å². The number of hydroxylamine groups is 1. The quantitative estimate of drug-likeness (QED) is 0.424. The van der Waals surface area contributed by atoms with Gasteiger partial charge in [0.1, 0.15) is 6.61 Å². The van der Waals surface area contributed by atoms with Crippen LogP contribution in [-0.2, 0) is 24.2 Å². The number of aliphatic hydroxyl groups excluding tert-OH is 1. The summed E-state index contributed by atoms with van der Waals surface area (Å²) < 4.78 is 28.9. The number of ether oxygens (including phenoxy) is 1. The van der Waals surface area contributed by atoms with Crippen LogP contribution in [0.2, 0.25) is 0 Å². The van der Waals surface area contributed by atoms with E-state index in [-0.39, 0.29) is 13.0 Å². The Bertz CT molecular complexity index is 1040. The fraction of sp³-hybridized carbons (Fsp3) is 0.560. The van der Waals surface area contributed by atoms with Crippen LogP contribution in [0.1, 0.15) is 50.2 Å². The molecule has 0 spiro atoms. The van der Waals surface area contributed by atoms with Gasteiger partial charge in [0.15, 0.2) is 20.9 Å². The van der Waals surface area contributed by atoms with Crippen LogP contribution in [0.5, 0.6) is 0 Å². The maximum atomic E-state index is 12.8. The molecule has 34 heavy (non-hydrogen) atoms. The number of amides is 1. The fourth-order valence-electron chi connectivity index (χ4n) is 3.96. The monoisotopic (exact) mass is 490 g/mol. The molecule has 0 aromatic heterocycles. The molecule has 1 aromatic rings. The van der Waals surface area contributed by atoms with E-state index >= 15 is 0 Å². The molecule has 2 aliphatic rings. The average molecular weight is 491 g/mol. The normalized spacial score (nSPS) is 21.0. The first-order valence-electron chi connectivity index (χ1n) is 11.6. The van der Waals surface area contributed by atoms with E-state index in [2.05, 4.69) is 28.3 Å². The summed E-state index contributed by atoms with van der Waals surface area (Å²) in [5, 5.41) is 8.81. The molecule has 2 unspecified atom stereocenters. The van der Waals surface area contributed by atoms with Gasteiger partial charge in [0.05, 0.1) is 0 Å². The minimum Gasteiger partial charge on any atom is -0.384 e. The number of hydrogen-bond donors (Lipinski definition) is 2. The maximum Gasteiger partial charge on any atom is 0.264 e. The number of benzene rings is 1. The highest BCUT2D eigenvalue weighted by Crippen LogP contribution is 2.26. The summed E-state index contributed by atoms with van der Waals surface area (Å²) in [4.78, 5) is 20.3. The number of nitrogens with zero attached hydrogens (tertiary/aromatic N) is 1. The Labute approximate surface area is 202 Å². The molecule has 0 aliphatic carbocycles. The van der Waals surface area contributed by atoms with E-state index in [1.807, 2.05) is 24.3 Å². The molecule has 0 radical (unpaired) electrons. The molecule has 186 valence electrons. The van der Waals surface area contributed by atoms with Crippen molar-refractivity contribution in [2.75, 3.05) is 39.1 Å². The highest BCUT2D eigenvalue weighted by Gasteiger charge is 2.44. The van der Waals surface area contributed by atoms with Crippen molar-refractivity contribution in [1.82, 2.24) is 10.4 Å². The van der Waals surface area contributed by atoms with Crippen molar-refractivity contribution in [3.05, 3.63) is 41.5 Å². The van der Waals surface area contributed by atoms with Gasteiger partial charge in [0, 0.05) is 44.5 Å². The van der Waals surface area contributed by atoms with Crippen LogP contribution in [0, 0.1) is 11.8 Å². The summed E-state index contributed by atoms with van der Waals surface area (Å²) in [6.07, 6.45) is 6.23. The number of aliphatic hydroxyl groups is 1. The van der Waals surface area contributed by atoms with Gasteiger partial charge in [-0.2, -0.15) is 0 Å². The van der Waals surface area contributed by atoms with Gasteiger partial charge in [-0.05, 0) is 55.9 Å². The van der Waals surface area contributed by atoms with E-state index in [0.717, 1.165) is 43.2 Å². The molecular formula is C25H34N2O6S. The van der Waals surface area contributed by atoms with Crippen molar-refractivity contribution in [3.63, 3.8) is 0 Å². The number of carbonyl (C=O) groups is 1. The van der Waals surface area contributed by atoms with Crippen LogP contribution in [0.15, 0.2) is 30.3 Å². The lowest BCUT2D eigenvalue weighted by Crippen LogP contribution is -2.52. The van der Waals surface area contributed by atoms with Crippen molar-refractivity contribution in [1.29, 1.82) is 0 Å². The molecule has 1 amide bonds. The average Bonchev–Trinajstić information content (AvgIpc) is 2.85.